The first kappa shape index (κ1) is 9.40. The summed E-state index contributed by atoms with van der Waals surface area (Å²) in [7, 11) is 2.15. The predicted octanol–water partition coefficient (Wildman–Crippen LogP) is 0.868. The van der Waals surface area contributed by atoms with Gasteiger partial charge in [-0.2, -0.15) is 5.10 Å². The van der Waals surface area contributed by atoms with Crippen molar-refractivity contribution >= 4 is 5.82 Å². The Morgan fingerprint density at radius 1 is 1.57 bits per heavy atom. The number of likely N-dealkylation sites (N-methyl/N-ethyl adjacent to an activating group) is 1. The molecule has 1 aliphatic heterocycles. The molecule has 0 saturated carbocycles. The minimum atomic E-state index is 0.532. The number of hydrogen-bond acceptors (Lipinski definition) is 4. The summed E-state index contributed by atoms with van der Waals surface area (Å²) < 4.78 is 0. The summed E-state index contributed by atoms with van der Waals surface area (Å²) in [4.78, 5) is 2.34. The van der Waals surface area contributed by atoms with Gasteiger partial charge in [0, 0.05) is 18.0 Å². The van der Waals surface area contributed by atoms with Crippen LogP contribution in [0.15, 0.2) is 12.3 Å². The van der Waals surface area contributed by atoms with Crippen LogP contribution in [0.4, 0.5) is 5.82 Å². The van der Waals surface area contributed by atoms with E-state index in [4.69, 9.17) is 5.73 Å². The summed E-state index contributed by atoms with van der Waals surface area (Å²) in [5, 5.41) is 7.66. The van der Waals surface area contributed by atoms with Crippen LogP contribution in [-0.4, -0.2) is 35.2 Å². The van der Waals surface area contributed by atoms with Crippen molar-refractivity contribution in [1.82, 2.24) is 15.1 Å². The molecule has 1 saturated heterocycles. The number of likely N-dealkylation sites (tertiary alicyclic amines) is 1. The molecule has 76 valence electrons. The van der Waals surface area contributed by atoms with E-state index in [1.165, 1.54) is 19.4 Å². The van der Waals surface area contributed by atoms with E-state index in [0.717, 1.165) is 12.1 Å². The van der Waals surface area contributed by atoms with Crippen molar-refractivity contribution in [1.29, 1.82) is 0 Å². The zero-order chi connectivity index (χ0) is 9.97. The molecule has 0 aromatic carbocycles. The van der Waals surface area contributed by atoms with Crippen LogP contribution in [0.1, 0.15) is 24.3 Å². The van der Waals surface area contributed by atoms with E-state index >= 15 is 0 Å². The molecule has 0 radical (unpaired) electrons. The Kier molecular flexibility index (Phi) is 2.63. The van der Waals surface area contributed by atoms with Crippen LogP contribution in [0.25, 0.3) is 0 Å². The van der Waals surface area contributed by atoms with Crippen LogP contribution < -0.4 is 5.73 Å². The average molecular weight is 192 g/mol. The van der Waals surface area contributed by atoms with Crippen molar-refractivity contribution in [3.8, 4) is 0 Å². The summed E-state index contributed by atoms with van der Waals surface area (Å²) >= 11 is 0. The van der Waals surface area contributed by atoms with E-state index in [9.17, 15) is 0 Å². The lowest BCUT2D eigenvalue weighted by Gasteiger charge is -2.30. The molecule has 2 N–H and O–H groups in total. The van der Waals surface area contributed by atoms with E-state index in [1.54, 1.807) is 6.20 Å². The lowest BCUT2D eigenvalue weighted by atomic mass is 9.91. The summed E-state index contributed by atoms with van der Waals surface area (Å²) in [6.45, 7) is 2.27. The van der Waals surface area contributed by atoms with Gasteiger partial charge in [0.05, 0.1) is 6.20 Å². The molecule has 4 nitrogen and oxygen atoms in total. The van der Waals surface area contributed by atoms with Crippen molar-refractivity contribution in [2.45, 2.75) is 18.8 Å². The third-order valence-electron chi connectivity index (χ3n) is 2.85. The molecule has 1 unspecified atom stereocenters. The first-order valence-corrected chi connectivity index (χ1v) is 5.03. The molecule has 0 bridgehead atoms. The SMILES string of the molecule is CN1CCCC(c2ccnnc2N)C1. The van der Waals surface area contributed by atoms with Gasteiger partial charge >= 0.3 is 0 Å². The Bertz CT molecular complexity index is 313. The van der Waals surface area contributed by atoms with Gasteiger partial charge in [-0.3, -0.25) is 0 Å². The number of nitrogen functional groups attached to an aromatic ring is 1. The highest BCUT2D eigenvalue weighted by atomic mass is 15.1. The van der Waals surface area contributed by atoms with Crippen LogP contribution in [0.2, 0.25) is 0 Å². The van der Waals surface area contributed by atoms with E-state index in [2.05, 4.69) is 22.1 Å². The van der Waals surface area contributed by atoms with Gasteiger partial charge < -0.3 is 10.6 Å². The van der Waals surface area contributed by atoms with Gasteiger partial charge in [0.25, 0.3) is 0 Å². The number of rotatable bonds is 1. The van der Waals surface area contributed by atoms with Crippen LogP contribution in [-0.2, 0) is 0 Å². The highest BCUT2D eigenvalue weighted by molar-refractivity contribution is 5.40. The van der Waals surface area contributed by atoms with Crippen LogP contribution in [0, 0.1) is 0 Å². The van der Waals surface area contributed by atoms with Crippen molar-refractivity contribution in [2.24, 2.45) is 0 Å². The van der Waals surface area contributed by atoms with Crippen LogP contribution in [0.3, 0.4) is 0 Å². The van der Waals surface area contributed by atoms with Crippen molar-refractivity contribution in [3.63, 3.8) is 0 Å². The molecule has 1 atom stereocenters. The summed E-state index contributed by atoms with van der Waals surface area (Å²) in [6.07, 6.45) is 4.17. The first-order valence-electron chi connectivity index (χ1n) is 5.03. The molecule has 2 heterocycles. The molecule has 14 heavy (non-hydrogen) atoms. The highest BCUT2D eigenvalue weighted by Crippen LogP contribution is 2.28. The second-order valence-corrected chi connectivity index (χ2v) is 3.97. The Balaban J connectivity index is 2.18. The maximum absolute atomic E-state index is 5.80. The van der Waals surface area contributed by atoms with Crippen LogP contribution >= 0.6 is 0 Å². The molecule has 1 fully saturated rings. The van der Waals surface area contributed by atoms with E-state index < -0.39 is 0 Å². The normalized spacial score (nSPS) is 23.6. The fourth-order valence-corrected chi connectivity index (χ4v) is 2.12. The molecule has 2 rings (SSSR count). The average Bonchev–Trinajstić information content (AvgIpc) is 2.18. The molecule has 1 aromatic heterocycles. The second kappa shape index (κ2) is 3.92. The van der Waals surface area contributed by atoms with Gasteiger partial charge in [0.15, 0.2) is 0 Å². The number of piperidine rings is 1. The smallest absolute Gasteiger partial charge is 0.149 e. The van der Waals surface area contributed by atoms with E-state index in [1.807, 2.05) is 6.07 Å². The number of anilines is 1. The van der Waals surface area contributed by atoms with E-state index in [-0.39, 0.29) is 0 Å². The summed E-state index contributed by atoms with van der Waals surface area (Å²) in [5.74, 6) is 1.12. The minimum absolute atomic E-state index is 0.532. The predicted molar refractivity (Wildman–Crippen MR) is 55.9 cm³/mol. The number of aromatic nitrogens is 2. The topological polar surface area (TPSA) is 55.0 Å². The van der Waals surface area contributed by atoms with Gasteiger partial charge in [0.2, 0.25) is 0 Å². The lowest BCUT2D eigenvalue weighted by Crippen LogP contribution is -2.31. The fraction of sp³-hybridized carbons (Fsp3) is 0.600. The third-order valence-corrected chi connectivity index (χ3v) is 2.85. The van der Waals surface area contributed by atoms with Crippen molar-refractivity contribution < 1.29 is 0 Å². The Labute approximate surface area is 84.1 Å². The third kappa shape index (κ3) is 1.85. The maximum Gasteiger partial charge on any atom is 0.149 e. The Morgan fingerprint density at radius 2 is 2.43 bits per heavy atom. The lowest BCUT2D eigenvalue weighted by molar-refractivity contribution is 0.251. The molecule has 0 amide bonds. The van der Waals surface area contributed by atoms with Gasteiger partial charge in [-0.15, -0.1) is 5.10 Å². The zero-order valence-electron chi connectivity index (χ0n) is 8.48. The van der Waals surface area contributed by atoms with Gasteiger partial charge in [-0.05, 0) is 32.5 Å². The Morgan fingerprint density at radius 3 is 3.14 bits per heavy atom. The van der Waals surface area contributed by atoms with Gasteiger partial charge in [0.1, 0.15) is 5.82 Å². The molecule has 1 aromatic rings. The molecule has 0 spiro atoms. The van der Waals surface area contributed by atoms with Gasteiger partial charge in [-0.25, -0.2) is 0 Å². The standard InChI is InChI=1S/C10H16N4/c1-14-6-2-3-8(7-14)9-4-5-12-13-10(9)11/h4-5,8H,2-3,6-7H2,1H3,(H2,11,13). The van der Waals surface area contributed by atoms with E-state index in [0.29, 0.717) is 11.7 Å². The van der Waals surface area contributed by atoms with Crippen molar-refractivity contribution in [2.75, 3.05) is 25.9 Å². The van der Waals surface area contributed by atoms with Crippen LogP contribution in [0.5, 0.6) is 0 Å². The Hall–Kier alpha value is -1.16. The minimum Gasteiger partial charge on any atom is -0.382 e. The van der Waals surface area contributed by atoms with Crippen molar-refractivity contribution in [3.05, 3.63) is 17.8 Å². The molecular weight excluding hydrogens is 176 g/mol. The largest absolute Gasteiger partial charge is 0.382 e. The summed E-state index contributed by atoms with van der Waals surface area (Å²) in [6, 6.07) is 1.99. The highest BCUT2D eigenvalue weighted by Gasteiger charge is 2.20. The quantitative estimate of drug-likeness (QED) is 0.717. The number of nitrogens with two attached hydrogens (primary N) is 1. The fourth-order valence-electron chi connectivity index (χ4n) is 2.12. The molecule has 0 aliphatic carbocycles. The molecular formula is C10H16N4. The monoisotopic (exact) mass is 192 g/mol. The van der Waals surface area contributed by atoms with Gasteiger partial charge in [-0.1, -0.05) is 0 Å². The molecule has 4 heteroatoms. The number of nitrogens with zero attached hydrogens (tertiary/aromatic N) is 3. The zero-order valence-corrected chi connectivity index (χ0v) is 8.48. The number of hydrogen-bond donors (Lipinski definition) is 1. The summed E-state index contributed by atoms with van der Waals surface area (Å²) in [5.41, 5.74) is 6.96. The second-order valence-electron chi connectivity index (χ2n) is 3.97. The maximum atomic E-state index is 5.80. The molecule has 1 aliphatic rings. The first-order chi connectivity index (χ1) is 6.77.